The lowest BCUT2D eigenvalue weighted by Gasteiger charge is -2.05. The molecule has 0 aliphatic heterocycles. The lowest BCUT2D eigenvalue weighted by Crippen LogP contribution is -2.32. The number of hydrogen-bond acceptors (Lipinski definition) is 8. The van der Waals surface area contributed by atoms with Crippen LogP contribution in [0.15, 0.2) is 54.6 Å². The van der Waals surface area contributed by atoms with E-state index in [2.05, 4.69) is 0 Å². The molecule has 12 nitrogen and oxygen atoms in total. The first-order chi connectivity index (χ1) is 16.3. The number of carbonyl (C=O) groups excluding carboxylic acids is 1. The van der Waals surface area contributed by atoms with Gasteiger partial charge in [0.25, 0.3) is 0 Å². The fraction of sp³-hybridized carbons (Fsp3) is 0.304. The second kappa shape index (κ2) is 16.6. The molecule has 192 valence electrons. The van der Waals surface area contributed by atoms with E-state index in [0.29, 0.717) is 6.42 Å². The van der Waals surface area contributed by atoms with E-state index in [1.165, 1.54) is 12.1 Å². The summed E-state index contributed by atoms with van der Waals surface area (Å²) in [6.07, 6.45) is 0.782. The smallest absolute Gasteiger partial charge is 0.320 e. The summed E-state index contributed by atoms with van der Waals surface area (Å²) in [5.41, 5.74) is 22.2. The van der Waals surface area contributed by atoms with Gasteiger partial charge in [-0.3, -0.25) is 19.2 Å². The van der Waals surface area contributed by atoms with Crippen LogP contribution in [-0.4, -0.2) is 62.4 Å². The highest BCUT2D eigenvalue weighted by molar-refractivity contribution is 5.77. The highest BCUT2D eigenvalue weighted by atomic mass is 16.4. The Bertz CT molecular complexity index is 938. The third-order valence-corrected chi connectivity index (χ3v) is 4.34. The highest BCUT2D eigenvalue weighted by Crippen LogP contribution is 2.10. The summed E-state index contributed by atoms with van der Waals surface area (Å²) in [4.78, 5) is 40.9. The monoisotopic (exact) mass is 492 g/mol. The Morgan fingerprint density at radius 1 is 0.657 bits per heavy atom. The van der Waals surface area contributed by atoms with Gasteiger partial charge in [-0.2, -0.15) is 0 Å². The summed E-state index contributed by atoms with van der Waals surface area (Å²) >= 11 is 0. The van der Waals surface area contributed by atoms with Gasteiger partial charge < -0.3 is 43.4 Å². The molecule has 0 heterocycles. The number of hydrogen-bond donors (Lipinski definition) is 8. The molecule has 0 bridgehead atoms. The third kappa shape index (κ3) is 15.5. The Labute approximate surface area is 202 Å². The van der Waals surface area contributed by atoms with Crippen molar-refractivity contribution < 1.29 is 39.6 Å². The Morgan fingerprint density at radius 2 is 1.06 bits per heavy atom. The number of nitrogens with two attached hydrogens (primary N) is 4. The maximum Gasteiger partial charge on any atom is 0.320 e. The second-order valence-corrected chi connectivity index (χ2v) is 7.40. The first kappa shape index (κ1) is 31.0. The fourth-order valence-corrected chi connectivity index (χ4v) is 2.35. The molecule has 0 fully saturated rings. The summed E-state index contributed by atoms with van der Waals surface area (Å²) in [5, 5.41) is 34.2. The minimum absolute atomic E-state index is 0.0213. The zero-order valence-corrected chi connectivity index (χ0v) is 19.0. The molecule has 0 aliphatic rings. The molecule has 3 unspecified atom stereocenters. The molecule has 0 saturated carbocycles. The Kier molecular flexibility index (Phi) is 14.7. The van der Waals surface area contributed by atoms with Crippen molar-refractivity contribution in [2.75, 3.05) is 0 Å². The maximum atomic E-state index is 10.4. The molecule has 1 amide bonds. The van der Waals surface area contributed by atoms with Crippen molar-refractivity contribution in [1.82, 2.24) is 0 Å². The van der Waals surface area contributed by atoms with Crippen molar-refractivity contribution in [3.05, 3.63) is 65.7 Å². The molecule has 0 spiro atoms. The standard InChI is InChI=1S/C9H11NO3.C9H11NO2.C5H10N2O3/c10-8(9(12)13)5-6-1-3-7(11)4-2-6;10-8(9(11)12)6-7-4-2-1-3-5-7;6-3(5(9)10)1-2-4(7)8/h1-4,8,11H,5,10H2,(H,12,13);1-5,8H,6,10H2,(H,11,12);3H,1-2,6H2,(H2,7,8)(H,9,10). The van der Waals surface area contributed by atoms with E-state index in [4.69, 9.17) is 43.4 Å². The second-order valence-electron chi connectivity index (χ2n) is 7.40. The van der Waals surface area contributed by atoms with Crippen LogP contribution in [0.5, 0.6) is 5.75 Å². The van der Waals surface area contributed by atoms with Crippen LogP contribution < -0.4 is 22.9 Å². The number of phenols is 1. The van der Waals surface area contributed by atoms with Crippen molar-refractivity contribution in [2.45, 2.75) is 43.8 Å². The van der Waals surface area contributed by atoms with Gasteiger partial charge in [0.05, 0.1) is 0 Å². The average Bonchev–Trinajstić information content (AvgIpc) is 2.80. The van der Waals surface area contributed by atoms with E-state index >= 15 is 0 Å². The van der Waals surface area contributed by atoms with Crippen LogP contribution in [0.1, 0.15) is 24.0 Å². The predicted molar refractivity (Wildman–Crippen MR) is 127 cm³/mol. The molecule has 35 heavy (non-hydrogen) atoms. The van der Waals surface area contributed by atoms with Gasteiger partial charge in [-0.05, 0) is 42.5 Å². The van der Waals surface area contributed by atoms with Crippen molar-refractivity contribution in [1.29, 1.82) is 0 Å². The van der Waals surface area contributed by atoms with Crippen molar-refractivity contribution in [3.8, 4) is 5.75 Å². The number of aromatic hydroxyl groups is 1. The number of benzene rings is 2. The zero-order valence-electron chi connectivity index (χ0n) is 19.0. The first-order valence-electron chi connectivity index (χ1n) is 10.4. The van der Waals surface area contributed by atoms with Crippen LogP contribution in [0, 0.1) is 0 Å². The number of carbonyl (C=O) groups is 4. The van der Waals surface area contributed by atoms with Crippen molar-refractivity contribution >= 4 is 23.8 Å². The number of primary amides is 1. The highest BCUT2D eigenvalue weighted by Gasteiger charge is 2.12. The number of carboxylic acid groups (broad SMARTS) is 3. The molecular formula is C23H32N4O8. The van der Waals surface area contributed by atoms with Gasteiger partial charge in [0.2, 0.25) is 5.91 Å². The Balaban J connectivity index is 0.000000501. The lowest BCUT2D eigenvalue weighted by atomic mass is 10.1. The molecule has 0 saturated heterocycles. The van der Waals surface area contributed by atoms with E-state index in [0.717, 1.165) is 11.1 Å². The summed E-state index contributed by atoms with van der Waals surface area (Å²) < 4.78 is 0. The van der Waals surface area contributed by atoms with Gasteiger partial charge in [-0.15, -0.1) is 0 Å². The van der Waals surface area contributed by atoms with E-state index in [-0.39, 0.29) is 25.0 Å². The molecule has 12 N–H and O–H groups in total. The van der Waals surface area contributed by atoms with Crippen LogP contribution in [0.2, 0.25) is 0 Å². The molecule has 2 aromatic rings. The largest absolute Gasteiger partial charge is 0.508 e. The minimum atomic E-state index is -1.11. The summed E-state index contributed by atoms with van der Waals surface area (Å²) in [6.45, 7) is 0. The Hall–Kier alpha value is -4.00. The van der Waals surface area contributed by atoms with Crippen LogP contribution >= 0.6 is 0 Å². The van der Waals surface area contributed by atoms with Gasteiger partial charge in [-0.1, -0.05) is 42.5 Å². The molecule has 2 aromatic carbocycles. The number of amides is 1. The van der Waals surface area contributed by atoms with E-state index in [1.54, 1.807) is 12.1 Å². The lowest BCUT2D eigenvalue weighted by molar-refractivity contribution is -0.139. The average molecular weight is 493 g/mol. The first-order valence-corrected chi connectivity index (χ1v) is 10.4. The molecule has 2 rings (SSSR count). The normalized spacial score (nSPS) is 12.4. The molecule has 0 aliphatic carbocycles. The van der Waals surface area contributed by atoms with E-state index < -0.39 is 41.9 Å². The van der Waals surface area contributed by atoms with Gasteiger partial charge in [0.15, 0.2) is 0 Å². The van der Waals surface area contributed by atoms with Crippen LogP contribution in [0.4, 0.5) is 0 Å². The SMILES string of the molecule is NC(=O)CCC(N)C(=O)O.NC(Cc1ccc(O)cc1)C(=O)O.NC(Cc1ccccc1)C(=O)O. The summed E-state index contributed by atoms with van der Waals surface area (Å²) in [6, 6.07) is 13.0. The van der Waals surface area contributed by atoms with Gasteiger partial charge in [-0.25, -0.2) is 0 Å². The summed E-state index contributed by atoms with van der Waals surface area (Å²) in [7, 11) is 0. The van der Waals surface area contributed by atoms with Crippen LogP contribution in [0.3, 0.4) is 0 Å². The van der Waals surface area contributed by atoms with E-state index in [9.17, 15) is 19.2 Å². The predicted octanol–water partition coefficient (Wildman–Crippen LogP) is -0.349. The molecule has 12 heteroatoms. The number of phenolic OH excluding ortho intramolecular Hbond substituents is 1. The van der Waals surface area contributed by atoms with Crippen molar-refractivity contribution in [3.63, 3.8) is 0 Å². The zero-order chi connectivity index (χ0) is 27.0. The molecule has 3 atom stereocenters. The van der Waals surface area contributed by atoms with Gasteiger partial charge >= 0.3 is 17.9 Å². The molecule has 0 aromatic heterocycles. The summed E-state index contributed by atoms with van der Waals surface area (Å²) in [5.74, 6) is -3.46. The number of aliphatic carboxylic acids is 3. The number of rotatable bonds is 10. The quantitative estimate of drug-likeness (QED) is 0.213. The van der Waals surface area contributed by atoms with E-state index in [1.807, 2.05) is 30.3 Å². The Morgan fingerprint density at radius 3 is 1.43 bits per heavy atom. The fourth-order valence-electron chi connectivity index (χ4n) is 2.35. The minimum Gasteiger partial charge on any atom is -0.508 e. The maximum absolute atomic E-state index is 10.4. The number of carboxylic acids is 3. The molecule has 0 radical (unpaired) electrons. The van der Waals surface area contributed by atoms with Crippen LogP contribution in [0.25, 0.3) is 0 Å². The van der Waals surface area contributed by atoms with Gasteiger partial charge in [0, 0.05) is 6.42 Å². The third-order valence-electron chi connectivity index (χ3n) is 4.34. The topological polar surface area (TPSA) is 253 Å². The van der Waals surface area contributed by atoms with Crippen LogP contribution in [-0.2, 0) is 32.0 Å². The van der Waals surface area contributed by atoms with Crippen molar-refractivity contribution in [2.24, 2.45) is 22.9 Å². The van der Waals surface area contributed by atoms with Gasteiger partial charge in [0.1, 0.15) is 23.9 Å². The molecular weight excluding hydrogens is 460 g/mol.